The first kappa shape index (κ1) is 17.2. The number of carbonyl (C=O) groups excluding carboxylic acids is 1. The third-order valence-electron chi connectivity index (χ3n) is 7.66. The average Bonchev–Trinajstić information content (AvgIpc) is 2.50. The Balaban J connectivity index is 1.95. The van der Waals surface area contributed by atoms with E-state index in [1.165, 1.54) is 5.57 Å². The number of Topliss-reactive ketones (excluding diaryl/α,β-unsaturated/α-hetero) is 1. The van der Waals surface area contributed by atoms with Gasteiger partial charge in [0.25, 0.3) is 0 Å². The van der Waals surface area contributed by atoms with Gasteiger partial charge in [0.15, 0.2) is 0 Å². The van der Waals surface area contributed by atoms with Crippen LogP contribution in [0.4, 0.5) is 0 Å². The van der Waals surface area contributed by atoms with Crippen molar-refractivity contribution in [1.82, 2.24) is 0 Å². The number of ketones is 1. The van der Waals surface area contributed by atoms with Crippen LogP contribution in [0.1, 0.15) is 66.2 Å². The van der Waals surface area contributed by atoms with Gasteiger partial charge >= 0.3 is 0 Å². The van der Waals surface area contributed by atoms with Gasteiger partial charge in [-0.25, -0.2) is 0 Å². The second kappa shape index (κ2) is 5.42. The molecule has 3 aliphatic carbocycles. The molecule has 0 heterocycles. The summed E-state index contributed by atoms with van der Waals surface area (Å²) < 4.78 is 0. The first-order valence-electron chi connectivity index (χ1n) is 9.19. The second-order valence-electron chi connectivity index (χ2n) is 9.26. The summed E-state index contributed by atoms with van der Waals surface area (Å²) in [4.78, 5) is 12.4. The molecule has 2 saturated carbocycles. The lowest BCUT2D eigenvalue weighted by molar-refractivity contribution is -0.145. The summed E-state index contributed by atoms with van der Waals surface area (Å²) in [5.41, 5.74) is 1.16. The van der Waals surface area contributed by atoms with Crippen molar-refractivity contribution < 1.29 is 15.0 Å². The van der Waals surface area contributed by atoms with Crippen molar-refractivity contribution >= 4 is 5.78 Å². The van der Waals surface area contributed by atoms with Gasteiger partial charge in [-0.3, -0.25) is 4.79 Å². The van der Waals surface area contributed by atoms with Crippen LogP contribution in [0.15, 0.2) is 11.6 Å². The summed E-state index contributed by atoms with van der Waals surface area (Å²) in [5.74, 6) is 1.43. The molecule has 0 radical (unpaired) electrons. The number of aliphatic hydroxyl groups is 2. The summed E-state index contributed by atoms with van der Waals surface area (Å²) in [6.07, 6.45) is 7.40. The van der Waals surface area contributed by atoms with Gasteiger partial charge in [0.05, 0.1) is 12.7 Å². The third-order valence-corrected chi connectivity index (χ3v) is 7.66. The zero-order chi connectivity index (χ0) is 17.0. The quantitative estimate of drug-likeness (QED) is 0.766. The lowest BCUT2D eigenvalue weighted by atomic mass is 9.45. The Labute approximate surface area is 140 Å². The molecule has 3 aliphatic rings. The lowest BCUT2D eigenvalue weighted by Crippen LogP contribution is -2.54. The molecule has 3 rings (SSSR count). The molecule has 0 aromatic carbocycles. The molecule has 23 heavy (non-hydrogen) atoms. The van der Waals surface area contributed by atoms with Crippen molar-refractivity contribution in [2.75, 3.05) is 6.61 Å². The number of aliphatic hydroxyl groups excluding tert-OH is 2. The van der Waals surface area contributed by atoms with Crippen molar-refractivity contribution in [2.45, 2.75) is 72.3 Å². The van der Waals surface area contributed by atoms with E-state index in [0.29, 0.717) is 24.0 Å². The fraction of sp³-hybridized carbons (Fsp3) is 0.850. The number of hydrogen-bond acceptors (Lipinski definition) is 3. The molecule has 0 bridgehead atoms. The Morgan fingerprint density at radius 1 is 1.17 bits per heavy atom. The Bertz CT molecular complexity index is 535. The second-order valence-corrected chi connectivity index (χ2v) is 9.26. The van der Waals surface area contributed by atoms with Crippen LogP contribution in [-0.2, 0) is 4.79 Å². The number of carbonyl (C=O) groups is 1. The van der Waals surface area contributed by atoms with Gasteiger partial charge in [-0.15, -0.1) is 0 Å². The Morgan fingerprint density at radius 3 is 2.52 bits per heavy atom. The van der Waals surface area contributed by atoms with Crippen LogP contribution in [0.25, 0.3) is 0 Å². The van der Waals surface area contributed by atoms with Gasteiger partial charge in [0.1, 0.15) is 5.78 Å². The van der Waals surface area contributed by atoms with Crippen molar-refractivity contribution in [3.8, 4) is 0 Å². The molecule has 130 valence electrons. The predicted octanol–water partition coefficient (Wildman–Crippen LogP) is 3.49. The van der Waals surface area contributed by atoms with Crippen molar-refractivity contribution in [3.63, 3.8) is 0 Å². The molecular formula is C20H32O3. The van der Waals surface area contributed by atoms with Crippen LogP contribution < -0.4 is 0 Å². The molecule has 0 amide bonds. The zero-order valence-corrected chi connectivity index (χ0v) is 15.1. The SMILES string of the molecule is CC1(C(O)CO)C=C2CCC3C(C)(C)C(=O)CCC3(C)C2CC1. The molecule has 0 aromatic heterocycles. The molecule has 2 fully saturated rings. The first-order valence-corrected chi connectivity index (χ1v) is 9.19. The highest BCUT2D eigenvalue weighted by Crippen LogP contribution is 2.63. The molecular weight excluding hydrogens is 288 g/mol. The molecule has 0 aliphatic heterocycles. The number of fused-ring (bicyclic) bond motifs is 3. The van der Waals surface area contributed by atoms with E-state index < -0.39 is 6.10 Å². The van der Waals surface area contributed by atoms with Gasteiger partial charge in [0, 0.05) is 17.3 Å². The van der Waals surface area contributed by atoms with Crippen molar-refractivity contribution in [1.29, 1.82) is 0 Å². The van der Waals surface area contributed by atoms with E-state index in [-0.39, 0.29) is 22.9 Å². The minimum absolute atomic E-state index is 0.174. The molecule has 3 nitrogen and oxygen atoms in total. The summed E-state index contributed by atoms with van der Waals surface area (Å²) in [5, 5.41) is 19.6. The Hall–Kier alpha value is -0.670. The van der Waals surface area contributed by atoms with E-state index in [9.17, 15) is 15.0 Å². The van der Waals surface area contributed by atoms with E-state index >= 15 is 0 Å². The summed E-state index contributed by atoms with van der Waals surface area (Å²) in [6.45, 7) is 8.59. The van der Waals surface area contributed by atoms with Crippen LogP contribution in [0, 0.1) is 28.1 Å². The predicted molar refractivity (Wildman–Crippen MR) is 90.9 cm³/mol. The van der Waals surface area contributed by atoms with Gasteiger partial charge in [0.2, 0.25) is 0 Å². The topological polar surface area (TPSA) is 57.5 Å². The number of rotatable bonds is 2. The minimum Gasteiger partial charge on any atom is -0.394 e. The fourth-order valence-corrected chi connectivity index (χ4v) is 6.02. The maximum Gasteiger partial charge on any atom is 0.138 e. The highest BCUT2D eigenvalue weighted by Gasteiger charge is 2.57. The lowest BCUT2D eigenvalue weighted by Gasteiger charge is -2.59. The van der Waals surface area contributed by atoms with Gasteiger partial charge in [-0.05, 0) is 49.4 Å². The molecule has 3 heteroatoms. The molecule has 2 N–H and O–H groups in total. The average molecular weight is 320 g/mol. The summed E-state index contributed by atoms with van der Waals surface area (Å²) >= 11 is 0. The molecule has 0 aromatic rings. The highest BCUT2D eigenvalue weighted by atomic mass is 16.3. The molecule has 5 atom stereocenters. The maximum absolute atomic E-state index is 12.4. The largest absolute Gasteiger partial charge is 0.394 e. The highest BCUT2D eigenvalue weighted by molar-refractivity contribution is 5.85. The molecule has 5 unspecified atom stereocenters. The van der Waals surface area contributed by atoms with E-state index in [1.807, 2.05) is 0 Å². The minimum atomic E-state index is -0.675. The Morgan fingerprint density at radius 2 is 1.87 bits per heavy atom. The van der Waals surface area contributed by atoms with Crippen molar-refractivity contribution in [3.05, 3.63) is 11.6 Å². The van der Waals surface area contributed by atoms with Crippen LogP contribution >= 0.6 is 0 Å². The van der Waals surface area contributed by atoms with Gasteiger partial charge < -0.3 is 10.2 Å². The molecule has 0 saturated heterocycles. The van der Waals surface area contributed by atoms with Gasteiger partial charge in [-0.2, -0.15) is 0 Å². The smallest absolute Gasteiger partial charge is 0.138 e. The van der Waals surface area contributed by atoms with Crippen LogP contribution in [0.5, 0.6) is 0 Å². The van der Waals surface area contributed by atoms with Gasteiger partial charge in [-0.1, -0.05) is 39.3 Å². The molecule has 0 spiro atoms. The normalized spacial score (nSPS) is 44.1. The third kappa shape index (κ3) is 2.42. The van der Waals surface area contributed by atoms with Crippen LogP contribution in [0.3, 0.4) is 0 Å². The maximum atomic E-state index is 12.4. The monoisotopic (exact) mass is 320 g/mol. The van der Waals surface area contributed by atoms with Crippen LogP contribution in [-0.4, -0.2) is 28.7 Å². The van der Waals surface area contributed by atoms with E-state index in [0.717, 1.165) is 32.1 Å². The standard InChI is InChI=1S/C20H32O3/c1-18(2)15-6-5-13-11-19(3,17(23)12-21)9-7-14(13)20(15,4)10-8-16(18)22/h11,14-15,17,21,23H,5-10,12H2,1-4H3. The zero-order valence-electron chi connectivity index (χ0n) is 15.1. The Kier molecular flexibility index (Phi) is 4.04. The summed E-state index contributed by atoms with van der Waals surface area (Å²) in [6, 6.07) is 0. The fourth-order valence-electron chi connectivity index (χ4n) is 6.02. The van der Waals surface area contributed by atoms with Crippen LogP contribution in [0.2, 0.25) is 0 Å². The van der Waals surface area contributed by atoms with E-state index in [1.54, 1.807) is 0 Å². The van der Waals surface area contributed by atoms with E-state index in [2.05, 4.69) is 33.8 Å². The number of hydrogen-bond donors (Lipinski definition) is 2. The number of allylic oxidation sites excluding steroid dienone is 1. The van der Waals surface area contributed by atoms with E-state index in [4.69, 9.17) is 0 Å². The first-order chi connectivity index (χ1) is 10.6. The summed E-state index contributed by atoms with van der Waals surface area (Å²) in [7, 11) is 0. The van der Waals surface area contributed by atoms with Crippen molar-refractivity contribution in [2.24, 2.45) is 28.1 Å².